The number of carbonyl (C=O) groups excluding carboxylic acids is 1. The van der Waals surface area contributed by atoms with E-state index in [9.17, 15) is 18.3 Å². The Morgan fingerprint density at radius 1 is 1.17 bits per heavy atom. The van der Waals surface area contributed by atoms with E-state index in [0.717, 1.165) is 6.42 Å². The number of morpholine rings is 1. The van der Waals surface area contributed by atoms with Crippen LogP contribution in [0.3, 0.4) is 0 Å². The number of aliphatic hydroxyl groups excluding tert-OH is 1. The van der Waals surface area contributed by atoms with E-state index in [1.807, 2.05) is 20.8 Å². The van der Waals surface area contributed by atoms with Crippen LogP contribution in [-0.4, -0.2) is 103 Å². The van der Waals surface area contributed by atoms with Gasteiger partial charge in [-0.15, -0.1) is 0 Å². The van der Waals surface area contributed by atoms with Gasteiger partial charge in [-0.1, -0.05) is 24.9 Å². The Balaban J connectivity index is 1.53. The zero-order valence-electron chi connectivity index (χ0n) is 21.4. The maximum absolute atomic E-state index is 13.9. The topological polar surface area (TPSA) is 99.6 Å². The summed E-state index contributed by atoms with van der Waals surface area (Å²) in [5, 5.41) is 10.1. The van der Waals surface area contributed by atoms with E-state index in [2.05, 4.69) is 4.90 Å². The highest BCUT2D eigenvalue weighted by Gasteiger charge is 2.60. The number of carbonyl (C=O) groups is 1. The van der Waals surface area contributed by atoms with Crippen LogP contribution in [0.4, 0.5) is 4.79 Å². The van der Waals surface area contributed by atoms with Crippen LogP contribution < -0.4 is 0 Å². The molecule has 1 N–H and O–H groups in total. The van der Waals surface area contributed by atoms with Gasteiger partial charge in [0.25, 0.3) is 0 Å². The summed E-state index contributed by atoms with van der Waals surface area (Å²) in [5.41, 5.74) is -1.25. The molecule has 2 heterocycles. The Hall–Kier alpha value is -1.43. The number of rotatable bonds is 8. The SMILES string of the molecule is CCC[C@@H]1COC[C@H](C2(OC(=O)N3CCN(C(C)(C)CO)CC3)CC2)N1S(=O)(=O)c1ccc(Cl)cc1. The van der Waals surface area contributed by atoms with Gasteiger partial charge in [-0.25, -0.2) is 13.2 Å². The number of nitrogens with zero attached hydrogens (tertiary/aromatic N) is 3. The molecule has 1 saturated carbocycles. The van der Waals surface area contributed by atoms with Gasteiger partial charge in [-0.3, -0.25) is 4.90 Å². The molecule has 0 bridgehead atoms. The molecule has 11 heteroatoms. The van der Waals surface area contributed by atoms with E-state index in [1.165, 1.54) is 12.1 Å². The van der Waals surface area contributed by atoms with Crippen molar-refractivity contribution in [3.05, 3.63) is 29.3 Å². The molecule has 1 amide bonds. The van der Waals surface area contributed by atoms with E-state index in [1.54, 1.807) is 21.3 Å². The highest BCUT2D eigenvalue weighted by molar-refractivity contribution is 7.89. The van der Waals surface area contributed by atoms with Gasteiger partial charge in [0.2, 0.25) is 10.0 Å². The van der Waals surface area contributed by atoms with Crippen molar-refractivity contribution >= 4 is 27.7 Å². The molecule has 2 saturated heterocycles. The van der Waals surface area contributed by atoms with Crippen LogP contribution in [0.5, 0.6) is 0 Å². The van der Waals surface area contributed by atoms with Crippen LogP contribution in [0.25, 0.3) is 0 Å². The number of ether oxygens (including phenoxy) is 2. The highest BCUT2D eigenvalue weighted by Crippen LogP contribution is 2.48. The molecule has 0 aromatic heterocycles. The fourth-order valence-electron chi connectivity index (χ4n) is 5.20. The summed E-state index contributed by atoms with van der Waals surface area (Å²) in [5.74, 6) is 0. The van der Waals surface area contributed by atoms with Gasteiger partial charge in [0.15, 0.2) is 0 Å². The van der Waals surface area contributed by atoms with Gasteiger partial charge in [0, 0.05) is 42.8 Å². The molecule has 2 atom stereocenters. The van der Waals surface area contributed by atoms with Crippen molar-refractivity contribution in [2.24, 2.45) is 0 Å². The number of aliphatic hydroxyl groups is 1. The quantitative estimate of drug-likeness (QED) is 0.538. The average molecular weight is 544 g/mol. The molecular formula is C25H38ClN3O6S. The van der Waals surface area contributed by atoms with Crippen LogP contribution in [0, 0.1) is 0 Å². The number of piperazine rings is 1. The predicted octanol–water partition coefficient (Wildman–Crippen LogP) is 2.96. The third kappa shape index (κ3) is 5.54. The first-order valence-corrected chi connectivity index (χ1v) is 14.6. The second kappa shape index (κ2) is 10.7. The number of hydrogen-bond donors (Lipinski definition) is 1. The van der Waals surface area contributed by atoms with Gasteiger partial charge >= 0.3 is 6.09 Å². The van der Waals surface area contributed by atoms with E-state index in [4.69, 9.17) is 21.1 Å². The average Bonchev–Trinajstić information content (AvgIpc) is 3.65. The highest BCUT2D eigenvalue weighted by atomic mass is 35.5. The summed E-state index contributed by atoms with van der Waals surface area (Å²) >= 11 is 6.00. The number of sulfonamides is 1. The van der Waals surface area contributed by atoms with Gasteiger partial charge in [-0.2, -0.15) is 4.31 Å². The molecule has 3 aliphatic rings. The minimum atomic E-state index is -3.87. The van der Waals surface area contributed by atoms with Crippen molar-refractivity contribution in [2.45, 2.75) is 74.6 Å². The van der Waals surface area contributed by atoms with E-state index in [0.29, 0.717) is 57.1 Å². The molecule has 3 fully saturated rings. The molecule has 4 rings (SSSR count). The normalized spacial score (nSPS) is 25.5. The van der Waals surface area contributed by atoms with Crippen molar-refractivity contribution in [3.63, 3.8) is 0 Å². The standard InChI is InChI=1S/C25H38ClN3O6S/c1-4-5-20-16-34-17-22(29(20)36(32,33)21-8-6-19(26)7-9-21)25(10-11-25)35-23(31)27-12-14-28(15-13-27)24(2,3)18-30/h6-9,20,22,30H,4-5,10-18H2,1-3H3/t20-,22-/m1/s1. The molecule has 2 aliphatic heterocycles. The van der Waals surface area contributed by atoms with Gasteiger partial charge in [-0.05, 0) is 57.4 Å². The summed E-state index contributed by atoms with van der Waals surface area (Å²) in [6, 6.07) is 5.25. The molecule has 0 radical (unpaired) electrons. The van der Waals surface area contributed by atoms with E-state index < -0.39 is 27.8 Å². The fraction of sp³-hybridized carbons (Fsp3) is 0.720. The fourth-order valence-corrected chi connectivity index (χ4v) is 7.19. The maximum atomic E-state index is 13.9. The maximum Gasteiger partial charge on any atom is 0.410 e. The van der Waals surface area contributed by atoms with Gasteiger partial charge < -0.3 is 19.5 Å². The van der Waals surface area contributed by atoms with Crippen LogP contribution in [0.2, 0.25) is 5.02 Å². The van der Waals surface area contributed by atoms with Crippen LogP contribution >= 0.6 is 11.6 Å². The van der Waals surface area contributed by atoms with Crippen molar-refractivity contribution in [2.75, 3.05) is 46.0 Å². The molecular weight excluding hydrogens is 506 g/mol. The lowest BCUT2D eigenvalue weighted by atomic mass is 10.0. The lowest BCUT2D eigenvalue weighted by Crippen LogP contribution is -2.61. The second-order valence-electron chi connectivity index (χ2n) is 10.7. The number of benzene rings is 1. The van der Waals surface area contributed by atoms with Crippen LogP contribution in [0.15, 0.2) is 29.2 Å². The number of amides is 1. The van der Waals surface area contributed by atoms with Gasteiger partial charge in [0.05, 0.1) is 30.8 Å². The first-order chi connectivity index (χ1) is 17.0. The molecule has 1 aromatic carbocycles. The zero-order valence-corrected chi connectivity index (χ0v) is 22.9. The van der Waals surface area contributed by atoms with Crippen LogP contribution in [0.1, 0.15) is 46.5 Å². The molecule has 36 heavy (non-hydrogen) atoms. The van der Waals surface area contributed by atoms with Crippen molar-refractivity contribution in [1.82, 2.24) is 14.1 Å². The monoisotopic (exact) mass is 543 g/mol. The summed E-state index contributed by atoms with van der Waals surface area (Å²) in [4.78, 5) is 17.2. The first-order valence-electron chi connectivity index (χ1n) is 12.7. The summed E-state index contributed by atoms with van der Waals surface area (Å²) in [7, 11) is -3.87. The van der Waals surface area contributed by atoms with Crippen LogP contribution in [-0.2, 0) is 19.5 Å². The van der Waals surface area contributed by atoms with E-state index >= 15 is 0 Å². The number of halogens is 1. The molecule has 1 aliphatic carbocycles. The molecule has 0 spiro atoms. The Kier molecular flexibility index (Phi) is 8.24. The summed E-state index contributed by atoms with van der Waals surface area (Å²) in [6.07, 6.45) is 2.21. The van der Waals surface area contributed by atoms with Crippen molar-refractivity contribution in [3.8, 4) is 0 Å². The summed E-state index contributed by atoms with van der Waals surface area (Å²) in [6.45, 7) is 8.76. The first kappa shape index (κ1) is 27.6. The minimum absolute atomic E-state index is 0.0408. The molecule has 1 aromatic rings. The lowest BCUT2D eigenvalue weighted by molar-refractivity contribution is -0.0754. The molecule has 0 unspecified atom stereocenters. The Morgan fingerprint density at radius 2 is 1.81 bits per heavy atom. The molecule has 9 nitrogen and oxygen atoms in total. The Morgan fingerprint density at radius 3 is 2.36 bits per heavy atom. The largest absolute Gasteiger partial charge is 0.441 e. The molecule has 202 valence electrons. The third-order valence-electron chi connectivity index (χ3n) is 7.69. The Labute approximate surface area is 219 Å². The minimum Gasteiger partial charge on any atom is -0.441 e. The predicted molar refractivity (Wildman–Crippen MR) is 137 cm³/mol. The summed E-state index contributed by atoms with van der Waals surface area (Å²) < 4.78 is 41.3. The smallest absolute Gasteiger partial charge is 0.410 e. The van der Waals surface area contributed by atoms with Gasteiger partial charge in [0.1, 0.15) is 5.60 Å². The van der Waals surface area contributed by atoms with E-state index in [-0.39, 0.29) is 29.7 Å². The van der Waals surface area contributed by atoms with Crippen molar-refractivity contribution in [1.29, 1.82) is 0 Å². The number of hydrogen-bond acceptors (Lipinski definition) is 7. The second-order valence-corrected chi connectivity index (χ2v) is 12.9. The third-order valence-corrected chi connectivity index (χ3v) is 9.91. The zero-order chi connectivity index (χ0) is 26.1. The Bertz CT molecular complexity index is 1020. The van der Waals surface area contributed by atoms with Crippen molar-refractivity contribution < 1.29 is 27.8 Å². The lowest BCUT2D eigenvalue weighted by Gasteiger charge is -2.45.